The van der Waals surface area contributed by atoms with Gasteiger partial charge in [-0.05, 0) is 68.9 Å². The van der Waals surface area contributed by atoms with Gasteiger partial charge in [0, 0.05) is 0 Å². The van der Waals surface area contributed by atoms with Crippen molar-refractivity contribution >= 4 is 0 Å². The zero-order valence-electron chi connectivity index (χ0n) is 11.3. The van der Waals surface area contributed by atoms with Crippen LogP contribution < -0.4 is 5.32 Å². The highest BCUT2D eigenvalue weighted by Crippen LogP contribution is 2.47. The molecule has 1 N–H and O–H groups in total. The fourth-order valence-corrected chi connectivity index (χ4v) is 4.67. The van der Waals surface area contributed by atoms with Crippen molar-refractivity contribution in [3.8, 4) is 0 Å². The molecule has 0 aromatic carbocycles. The van der Waals surface area contributed by atoms with Gasteiger partial charge in [-0.15, -0.1) is 0 Å². The molecule has 3 saturated carbocycles. The lowest BCUT2D eigenvalue weighted by Crippen LogP contribution is -2.30. The van der Waals surface area contributed by atoms with Crippen molar-refractivity contribution in [3.05, 3.63) is 0 Å². The Kier molecular flexibility index (Phi) is 4.05. The molecule has 0 amide bonds. The van der Waals surface area contributed by atoms with Gasteiger partial charge in [-0.1, -0.05) is 32.1 Å². The van der Waals surface area contributed by atoms with Crippen molar-refractivity contribution in [1.29, 1.82) is 0 Å². The van der Waals surface area contributed by atoms with Crippen LogP contribution in [0, 0.1) is 23.7 Å². The highest BCUT2D eigenvalue weighted by Gasteiger charge is 2.38. The minimum Gasteiger partial charge on any atom is -0.316 e. The second kappa shape index (κ2) is 5.73. The van der Waals surface area contributed by atoms with E-state index >= 15 is 0 Å². The molecule has 0 spiro atoms. The maximum absolute atomic E-state index is 3.81. The fraction of sp³-hybridized carbons (Fsp3) is 1.00. The van der Waals surface area contributed by atoms with Gasteiger partial charge in [0.15, 0.2) is 0 Å². The van der Waals surface area contributed by atoms with Crippen LogP contribution in [-0.4, -0.2) is 13.1 Å². The van der Waals surface area contributed by atoms with Crippen molar-refractivity contribution < 1.29 is 0 Å². The van der Waals surface area contributed by atoms with Gasteiger partial charge in [-0.2, -0.15) is 0 Å². The summed E-state index contributed by atoms with van der Waals surface area (Å²) in [6.45, 7) is 2.64. The summed E-state index contributed by atoms with van der Waals surface area (Å²) in [5.74, 6) is 4.25. The van der Waals surface area contributed by atoms with Gasteiger partial charge >= 0.3 is 0 Å². The second-order valence-corrected chi connectivity index (χ2v) is 6.95. The van der Waals surface area contributed by atoms with E-state index < -0.39 is 0 Å². The highest BCUT2D eigenvalue weighted by molar-refractivity contribution is 4.90. The normalized spacial score (nSPS) is 38.5. The molecular weight excluding hydrogens is 206 g/mol. The van der Waals surface area contributed by atoms with E-state index in [0.29, 0.717) is 0 Å². The molecule has 17 heavy (non-hydrogen) atoms. The van der Waals surface area contributed by atoms with Crippen LogP contribution in [0.15, 0.2) is 0 Å². The van der Waals surface area contributed by atoms with Crippen molar-refractivity contribution in [1.82, 2.24) is 5.32 Å². The highest BCUT2D eigenvalue weighted by atomic mass is 14.9. The van der Waals surface area contributed by atoms with Crippen molar-refractivity contribution in [3.63, 3.8) is 0 Å². The predicted molar refractivity (Wildman–Crippen MR) is 73.0 cm³/mol. The summed E-state index contributed by atoms with van der Waals surface area (Å²) in [6, 6.07) is 0. The summed E-state index contributed by atoms with van der Waals surface area (Å²) in [7, 11) is 0. The first-order valence-corrected chi connectivity index (χ1v) is 8.12. The number of fused-ring (bicyclic) bond motifs is 2. The van der Waals surface area contributed by atoms with Gasteiger partial charge < -0.3 is 5.32 Å². The molecule has 0 aromatic heterocycles. The van der Waals surface area contributed by atoms with Crippen LogP contribution in [0.2, 0.25) is 0 Å². The average molecular weight is 235 g/mol. The summed E-state index contributed by atoms with van der Waals surface area (Å²) in [4.78, 5) is 0. The van der Waals surface area contributed by atoms with Crippen LogP contribution in [0.3, 0.4) is 0 Å². The van der Waals surface area contributed by atoms with Gasteiger partial charge in [0.1, 0.15) is 0 Å². The third-order valence-corrected chi connectivity index (χ3v) is 5.70. The van der Waals surface area contributed by atoms with Gasteiger partial charge in [0.25, 0.3) is 0 Å². The third kappa shape index (κ3) is 3.05. The zero-order chi connectivity index (χ0) is 11.5. The first kappa shape index (κ1) is 12.0. The van der Waals surface area contributed by atoms with Crippen molar-refractivity contribution in [2.45, 2.75) is 64.2 Å². The monoisotopic (exact) mass is 235 g/mol. The average Bonchev–Trinajstić information content (AvgIpc) is 2.85. The van der Waals surface area contributed by atoms with E-state index in [0.717, 1.165) is 23.7 Å². The van der Waals surface area contributed by atoms with Crippen LogP contribution >= 0.6 is 0 Å². The maximum Gasteiger partial charge on any atom is -0.00176 e. The number of hydrogen-bond donors (Lipinski definition) is 1. The van der Waals surface area contributed by atoms with Gasteiger partial charge in [-0.25, -0.2) is 0 Å². The summed E-state index contributed by atoms with van der Waals surface area (Å²) >= 11 is 0. The molecule has 3 unspecified atom stereocenters. The predicted octanol–water partition coefficient (Wildman–Crippen LogP) is 3.98. The molecule has 2 bridgehead atoms. The molecule has 3 aliphatic rings. The molecule has 3 atom stereocenters. The molecule has 1 nitrogen and oxygen atoms in total. The lowest BCUT2D eigenvalue weighted by molar-refractivity contribution is 0.306. The van der Waals surface area contributed by atoms with E-state index in [1.54, 1.807) is 25.7 Å². The zero-order valence-corrected chi connectivity index (χ0v) is 11.3. The molecule has 0 aromatic rings. The Labute approximate surface area is 107 Å². The van der Waals surface area contributed by atoms with Crippen molar-refractivity contribution in [2.75, 3.05) is 13.1 Å². The minimum absolute atomic E-state index is 0.996. The Balaban J connectivity index is 1.34. The summed E-state index contributed by atoms with van der Waals surface area (Å²) in [5, 5.41) is 3.81. The number of nitrogens with one attached hydrogen (secondary N) is 1. The van der Waals surface area contributed by atoms with Crippen LogP contribution in [0.25, 0.3) is 0 Å². The van der Waals surface area contributed by atoms with E-state index in [2.05, 4.69) is 5.32 Å². The van der Waals surface area contributed by atoms with Crippen molar-refractivity contribution in [2.24, 2.45) is 23.7 Å². The molecule has 1 heteroatoms. The lowest BCUT2D eigenvalue weighted by Gasteiger charge is -2.23. The standard InChI is InChI=1S/C16H29N/c1-2-4-6-13(5-3-1)11-17-12-16-10-14-7-8-15(16)9-14/h13-17H,1-12H2. The Morgan fingerprint density at radius 2 is 1.59 bits per heavy atom. The fourth-order valence-electron chi connectivity index (χ4n) is 4.67. The molecule has 3 rings (SSSR count). The Bertz CT molecular complexity index is 230. The minimum atomic E-state index is 0.996. The van der Waals surface area contributed by atoms with Gasteiger partial charge in [0.05, 0.1) is 0 Å². The molecule has 98 valence electrons. The summed E-state index contributed by atoms with van der Waals surface area (Å²) in [6.07, 6.45) is 15.1. The van der Waals surface area contributed by atoms with Crippen LogP contribution in [0.4, 0.5) is 0 Å². The molecule has 0 heterocycles. The Hall–Kier alpha value is -0.0400. The maximum atomic E-state index is 3.81. The Morgan fingerprint density at radius 3 is 2.24 bits per heavy atom. The number of hydrogen-bond acceptors (Lipinski definition) is 1. The van der Waals surface area contributed by atoms with E-state index in [1.807, 2.05) is 0 Å². The van der Waals surface area contributed by atoms with Crippen LogP contribution in [0.5, 0.6) is 0 Å². The topological polar surface area (TPSA) is 12.0 Å². The van der Waals surface area contributed by atoms with E-state index in [1.165, 1.54) is 51.6 Å². The molecule has 3 aliphatic carbocycles. The first-order chi connectivity index (χ1) is 8.42. The summed E-state index contributed by atoms with van der Waals surface area (Å²) < 4.78 is 0. The van der Waals surface area contributed by atoms with Crippen LogP contribution in [-0.2, 0) is 0 Å². The van der Waals surface area contributed by atoms with Gasteiger partial charge in [-0.3, -0.25) is 0 Å². The first-order valence-electron chi connectivity index (χ1n) is 8.12. The largest absolute Gasteiger partial charge is 0.316 e. The van der Waals surface area contributed by atoms with E-state index in [9.17, 15) is 0 Å². The molecular formula is C16H29N. The molecule has 0 aliphatic heterocycles. The Morgan fingerprint density at radius 1 is 0.765 bits per heavy atom. The molecule has 3 fully saturated rings. The summed E-state index contributed by atoms with van der Waals surface area (Å²) in [5.41, 5.74) is 0. The second-order valence-electron chi connectivity index (χ2n) is 6.95. The van der Waals surface area contributed by atoms with E-state index in [4.69, 9.17) is 0 Å². The van der Waals surface area contributed by atoms with E-state index in [-0.39, 0.29) is 0 Å². The SMILES string of the molecule is C1CCCC(CNCC2CC3CCC2C3)CC1. The number of rotatable bonds is 4. The van der Waals surface area contributed by atoms with Crippen LogP contribution in [0.1, 0.15) is 64.2 Å². The lowest BCUT2D eigenvalue weighted by atomic mass is 9.88. The molecule has 0 saturated heterocycles. The smallest absolute Gasteiger partial charge is 0.00176 e. The molecule has 0 radical (unpaired) electrons. The quantitative estimate of drug-likeness (QED) is 0.727. The van der Waals surface area contributed by atoms with Gasteiger partial charge in [0.2, 0.25) is 0 Å². The third-order valence-electron chi connectivity index (χ3n) is 5.70.